The molecule has 0 saturated carbocycles. The molecule has 35 heavy (non-hydrogen) atoms. The first-order chi connectivity index (χ1) is 16.3. The maximum atomic E-state index is 13.8. The average Bonchev–Trinajstić information content (AvgIpc) is 2.75. The molecule has 2 N–H and O–H groups in total. The lowest BCUT2D eigenvalue weighted by molar-refractivity contribution is -0.130. The SMILES string of the molecule is Cc1ccc(S(=O)(=O)C[C@@H](CC(=O)NC(C)(C)C)C(=O)NCCCC(=O)c2ccccc2F)cc1. The lowest BCUT2D eigenvalue weighted by atomic mass is 10.0. The lowest BCUT2D eigenvalue weighted by Gasteiger charge is -2.23. The zero-order valence-electron chi connectivity index (χ0n) is 20.6. The zero-order valence-corrected chi connectivity index (χ0v) is 21.4. The molecular formula is C26H33FN2O5S. The third-order valence-corrected chi connectivity index (χ3v) is 7.00. The van der Waals surface area contributed by atoms with Gasteiger partial charge < -0.3 is 10.6 Å². The van der Waals surface area contributed by atoms with Gasteiger partial charge in [0.15, 0.2) is 15.6 Å². The van der Waals surface area contributed by atoms with Crippen molar-refractivity contribution in [3.05, 3.63) is 65.5 Å². The Hall–Kier alpha value is -3.07. The second-order valence-electron chi connectivity index (χ2n) is 9.59. The smallest absolute Gasteiger partial charge is 0.224 e. The monoisotopic (exact) mass is 504 g/mol. The van der Waals surface area contributed by atoms with Crippen LogP contribution in [0, 0.1) is 18.7 Å². The van der Waals surface area contributed by atoms with Crippen LogP contribution in [0.25, 0.3) is 0 Å². The quantitative estimate of drug-likeness (QED) is 0.359. The first kappa shape index (κ1) is 28.2. The van der Waals surface area contributed by atoms with E-state index >= 15 is 0 Å². The molecule has 2 amide bonds. The molecule has 0 heterocycles. The predicted octanol–water partition coefficient (Wildman–Crippen LogP) is 3.61. The van der Waals surface area contributed by atoms with Crippen LogP contribution in [0.2, 0.25) is 0 Å². The van der Waals surface area contributed by atoms with E-state index in [1.807, 2.05) is 6.92 Å². The Morgan fingerprint density at radius 3 is 2.23 bits per heavy atom. The summed E-state index contributed by atoms with van der Waals surface area (Å²) in [6.07, 6.45) is -0.0507. The Morgan fingerprint density at radius 1 is 1.00 bits per heavy atom. The zero-order chi connectivity index (χ0) is 26.2. The minimum Gasteiger partial charge on any atom is -0.356 e. The average molecular weight is 505 g/mol. The Balaban J connectivity index is 2.05. The van der Waals surface area contributed by atoms with Gasteiger partial charge in [-0.3, -0.25) is 14.4 Å². The van der Waals surface area contributed by atoms with E-state index in [4.69, 9.17) is 0 Å². The molecule has 0 saturated heterocycles. The largest absolute Gasteiger partial charge is 0.356 e. The summed E-state index contributed by atoms with van der Waals surface area (Å²) in [6.45, 7) is 7.28. The molecule has 2 aromatic rings. The van der Waals surface area contributed by atoms with Crippen LogP contribution in [0.15, 0.2) is 53.4 Å². The van der Waals surface area contributed by atoms with Crippen molar-refractivity contribution in [2.45, 2.75) is 57.4 Å². The van der Waals surface area contributed by atoms with Gasteiger partial charge in [0.05, 0.1) is 22.1 Å². The molecule has 0 aromatic heterocycles. The number of hydrogen-bond acceptors (Lipinski definition) is 5. The fourth-order valence-electron chi connectivity index (χ4n) is 3.45. The number of sulfone groups is 1. The number of hydrogen-bond donors (Lipinski definition) is 2. The van der Waals surface area contributed by atoms with E-state index in [1.54, 1.807) is 39.0 Å². The molecule has 0 radical (unpaired) electrons. The van der Waals surface area contributed by atoms with Crippen molar-refractivity contribution in [2.75, 3.05) is 12.3 Å². The van der Waals surface area contributed by atoms with E-state index in [0.717, 1.165) is 5.56 Å². The Bertz CT molecular complexity index is 1160. The second-order valence-corrected chi connectivity index (χ2v) is 11.6. The van der Waals surface area contributed by atoms with E-state index in [1.165, 1.54) is 30.3 Å². The number of amides is 2. The van der Waals surface area contributed by atoms with Crippen molar-refractivity contribution in [1.82, 2.24) is 10.6 Å². The van der Waals surface area contributed by atoms with Gasteiger partial charge in [-0.05, 0) is 58.4 Å². The van der Waals surface area contributed by atoms with Gasteiger partial charge in [0, 0.05) is 24.9 Å². The molecule has 0 aliphatic carbocycles. The van der Waals surface area contributed by atoms with Crippen molar-refractivity contribution in [1.29, 1.82) is 0 Å². The van der Waals surface area contributed by atoms with Gasteiger partial charge in [-0.1, -0.05) is 29.8 Å². The van der Waals surface area contributed by atoms with Gasteiger partial charge in [-0.15, -0.1) is 0 Å². The van der Waals surface area contributed by atoms with Gasteiger partial charge in [0.2, 0.25) is 11.8 Å². The Kier molecular flexibility index (Phi) is 9.71. The minimum absolute atomic E-state index is 0.0120. The number of nitrogens with one attached hydrogen (secondary N) is 2. The van der Waals surface area contributed by atoms with Crippen LogP contribution < -0.4 is 10.6 Å². The van der Waals surface area contributed by atoms with E-state index in [2.05, 4.69) is 10.6 Å². The van der Waals surface area contributed by atoms with Crippen molar-refractivity contribution < 1.29 is 27.2 Å². The van der Waals surface area contributed by atoms with Gasteiger partial charge >= 0.3 is 0 Å². The lowest BCUT2D eigenvalue weighted by Crippen LogP contribution is -2.44. The molecular weight excluding hydrogens is 471 g/mol. The van der Waals surface area contributed by atoms with Gasteiger partial charge in [-0.25, -0.2) is 12.8 Å². The summed E-state index contributed by atoms with van der Waals surface area (Å²) in [5.41, 5.74) is 0.341. The molecule has 0 aliphatic rings. The van der Waals surface area contributed by atoms with Gasteiger partial charge in [0.25, 0.3) is 0 Å². The normalized spacial score (nSPS) is 12.6. The number of benzene rings is 2. The van der Waals surface area contributed by atoms with Crippen LogP contribution >= 0.6 is 0 Å². The number of halogens is 1. The predicted molar refractivity (Wildman–Crippen MR) is 132 cm³/mol. The highest BCUT2D eigenvalue weighted by atomic mass is 32.2. The molecule has 1 atom stereocenters. The Morgan fingerprint density at radius 2 is 1.63 bits per heavy atom. The molecule has 0 bridgehead atoms. The maximum Gasteiger partial charge on any atom is 0.224 e. The first-order valence-electron chi connectivity index (χ1n) is 11.4. The second kappa shape index (κ2) is 12.1. The fraction of sp³-hybridized carbons (Fsp3) is 0.423. The number of carbonyl (C=O) groups is 3. The van der Waals surface area contributed by atoms with Gasteiger partial charge in [0.1, 0.15) is 5.82 Å². The minimum atomic E-state index is -3.83. The summed E-state index contributed by atoms with van der Waals surface area (Å²) in [5, 5.41) is 5.38. The van der Waals surface area contributed by atoms with Crippen LogP contribution in [0.4, 0.5) is 4.39 Å². The summed E-state index contributed by atoms with van der Waals surface area (Å²) < 4.78 is 39.6. The molecule has 0 unspecified atom stereocenters. The fourth-order valence-corrected chi connectivity index (χ4v) is 5.00. The van der Waals surface area contributed by atoms with Crippen LogP contribution in [-0.2, 0) is 19.4 Å². The highest BCUT2D eigenvalue weighted by molar-refractivity contribution is 7.91. The standard InChI is InChI=1S/C26H33FN2O5S/c1-18-11-13-20(14-12-18)35(33,34)17-19(16-24(31)29-26(2,3)4)25(32)28-15-7-10-23(30)21-8-5-6-9-22(21)27/h5-6,8-9,11-14,19H,7,10,15-17H2,1-4H3,(H,28,32)(H,29,31)/t19-/m1/s1. The van der Waals surface area contributed by atoms with E-state index < -0.39 is 44.7 Å². The van der Waals surface area contributed by atoms with E-state index in [0.29, 0.717) is 0 Å². The summed E-state index contributed by atoms with van der Waals surface area (Å²) in [7, 11) is -3.83. The summed E-state index contributed by atoms with van der Waals surface area (Å²) >= 11 is 0. The topological polar surface area (TPSA) is 109 Å². The van der Waals surface area contributed by atoms with Crippen molar-refractivity contribution in [2.24, 2.45) is 5.92 Å². The molecule has 0 fully saturated rings. The van der Waals surface area contributed by atoms with Gasteiger partial charge in [-0.2, -0.15) is 0 Å². The molecule has 190 valence electrons. The number of Topliss-reactive ketones (excluding diaryl/α,β-unsaturated/α-hetero) is 1. The molecule has 2 rings (SSSR count). The van der Waals surface area contributed by atoms with Crippen LogP contribution in [0.5, 0.6) is 0 Å². The van der Waals surface area contributed by atoms with E-state index in [-0.39, 0.29) is 42.0 Å². The third-order valence-electron chi connectivity index (χ3n) is 5.17. The maximum absolute atomic E-state index is 13.8. The van der Waals surface area contributed by atoms with Crippen LogP contribution in [0.1, 0.15) is 56.0 Å². The summed E-state index contributed by atoms with van der Waals surface area (Å²) in [4.78, 5) is 37.6. The van der Waals surface area contributed by atoms with Crippen molar-refractivity contribution in [3.8, 4) is 0 Å². The number of rotatable bonds is 11. The molecule has 0 spiro atoms. The highest BCUT2D eigenvalue weighted by Crippen LogP contribution is 2.18. The molecule has 7 nitrogen and oxygen atoms in total. The van der Waals surface area contributed by atoms with Crippen LogP contribution in [-0.4, -0.2) is 43.9 Å². The molecule has 9 heteroatoms. The van der Waals surface area contributed by atoms with E-state index in [9.17, 15) is 27.2 Å². The highest BCUT2D eigenvalue weighted by Gasteiger charge is 2.30. The number of aryl methyl sites for hydroxylation is 1. The first-order valence-corrected chi connectivity index (χ1v) is 13.1. The van der Waals surface area contributed by atoms with Crippen molar-refractivity contribution in [3.63, 3.8) is 0 Å². The molecule has 2 aromatic carbocycles. The molecule has 0 aliphatic heterocycles. The number of ketones is 1. The summed E-state index contributed by atoms with van der Waals surface area (Å²) in [6, 6.07) is 12.0. The van der Waals surface area contributed by atoms with Crippen molar-refractivity contribution >= 4 is 27.4 Å². The Labute approximate surface area is 206 Å². The summed E-state index contributed by atoms with van der Waals surface area (Å²) in [5.74, 6) is -3.68. The third kappa shape index (κ3) is 9.24. The number of carbonyl (C=O) groups excluding carboxylic acids is 3. The van der Waals surface area contributed by atoms with Crippen LogP contribution in [0.3, 0.4) is 0 Å².